The Morgan fingerprint density at radius 1 is 1.11 bits per heavy atom. The normalized spacial score (nSPS) is 33.4. The van der Waals surface area contributed by atoms with Gasteiger partial charge in [0.15, 0.2) is 6.79 Å². The quantitative estimate of drug-likeness (QED) is 0.424. The second-order valence-corrected chi connectivity index (χ2v) is 5.20. The molecule has 2 rings (SSSR count). The Morgan fingerprint density at radius 3 is 2.50 bits per heavy atom. The molecule has 0 aromatic rings. The van der Waals surface area contributed by atoms with Crippen LogP contribution in [0, 0.1) is 17.8 Å². The predicted molar refractivity (Wildman–Crippen MR) is 62.5 cm³/mol. The van der Waals surface area contributed by atoms with E-state index in [0.29, 0.717) is 18.4 Å². The average Bonchev–Trinajstić information content (AvgIpc) is 2.85. The number of esters is 2. The molecule has 5 nitrogen and oxygen atoms in total. The molecular formula is C13H20O5. The third-order valence-corrected chi connectivity index (χ3v) is 3.96. The van der Waals surface area contributed by atoms with Crippen LogP contribution < -0.4 is 0 Å². The van der Waals surface area contributed by atoms with Crippen molar-refractivity contribution in [3.8, 4) is 0 Å². The highest BCUT2D eigenvalue weighted by molar-refractivity contribution is 5.66. The van der Waals surface area contributed by atoms with Gasteiger partial charge in [0, 0.05) is 19.8 Å². The van der Waals surface area contributed by atoms with Crippen molar-refractivity contribution in [3.63, 3.8) is 0 Å². The third-order valence-electron chi connectivity index (χ3n) is 3.96. The molecule has 18 heavy (non-hydrogen) atoms. The highest BCUT2D eigenvalue weighted by atomic mass is 16.7. The van der Waals surface area contributed by atoms with Crippen LogP contribution in [0.5, 0.6) is 0 Å². The Labute approximate surface area is 107 Å². The predicted octanol–water partition coefficient (Wildman–Crippen LogP) is 1.50. The molecular weight excluding hydrogens is 236 g/mol. The zero-order chi connectivity index (χ0) is 13.1. The van der Waals surface area contributed by atoms with E-state index in [0.717, 1.165) is 12.8 Å². The molecule has 0 radical (unpaired) electrons. The van der Waals surface area contributed by atoms with Gasteiger partial charge in [0.2, 0.25) is 0 Å². The van der Waals surface area contributed by atoms with Crippen molar-refractivity contribution in [1.82, 2.24) is 0 Å². The van der Waals surface area contributed by atoms with Crippen molar-refractivity contribution >= 4 is 11.9 Å². The lowest BCUT2D eigenvalue weighted by atomic mass is 9.87. The zero-order valence-corrected chi connectivity index (χ0v) is 10.9. The summed E-state index contributed by atoms with van der Waals surface area (Å²) in [4.78, 5) is 21.7. The Morgan fingerprint density at radius 2 is 1.83 bits per heavy atom. The maximum atomic E-state index is 11.1. The van der Waals surface area contributed by atoms with Crippen LogP contribution in [0.1, 0.15) is 33.1 Å². The molecule has 4 unspecified atom stereocenters. The van der Waals surface area contributed by atoms with Gasteiger partial charge >= 0.3 is 11.9 Å². The van der Waals surface area contributed by atoms with E-state index in [1.54, 1.807) is 0 Å². The minimum absolute atomic E-state index is 0.0152. The van der Waals surface area contributed by atoms with Crippen LogP contribution in [0.2, 0.25) is 0 Å². The Balaban J connectivity index is 1.81. The molecule has 0 aromatic carbocycles. The van der Waals surface area contributed by atoms with Gasteiger partial charge in [0.25, 0.3) is 0 Å². The fourth-order valence-corrected chi connectivity index (χ4v) is 3.27. The fourth-order valence-electron chi connectivity index (χ4n) is 3.27. The second-order valence-electron chi connectivity index (χ2n) is 5.20. The van der Waals surface area contributed by atoms with Crippen molar-refractivity contribution < 1.29 is 23.8 Å². The molecule has 2 bridgehead atoms. The number of rotatable bonds is 5. The maximum absolute atomic E-state index is 11.1. The van der Waals surface area contributed by atoms with Crippen LogP contribution in [0.4, 0.5) is 0 Å². The molecule has 4 atom stereocenters. The van der Waals surface area contributed by atoms with Gasteiger partial charge in [-0.25, -0.2) is 0 Å². The monoisotopic (exact) mass is 256 g/mol. The second kappa shape index (κ2) is 5.69. The fraction of sp³-hybridized carbons (Fsp3) is 0.846. The maximum Gasteiger partial charge on any atom is 0.304 e. The van der Waals surface area contributed by atoms with Crippen LogP contribution in [0.15, 0.2) is 0 Å². The van der Waals surface area contributed by atoms with Gasteiger partial charge in [0.05, 0.1) is 6.61 Å². The van der Waals surface area contributed by atoms with Gasteiger partial charge in [-0.05, 0) is 31.1 Å². The SMILES string of the molecule is CC(=O)OCOCC1C2CCC(C2)C1OC(C)=O. The first kappa shape index (κ1) is 13.3. The van der Waals surface area contributed by atoms with Crippen LogP contribution in [-0.4, -0.2) is 31.4 Å². The number of ether oxygens (including phenoxy) is 3. The van der Waals surface area contributed by atoms with E-state index in [-0.39, 0.29) is 30.8 Å². The molecule has 2 aliphatic rings. The molecule has 2 fully saturated rings. The average molecular weight is 256 g/mol. The Kier molecular flexibility index (Phi) is 4.22. The first-order chi connectivity index (χ1) is 8.58. The molecule has 2 saturated carbocycles. The van der Waals surface area contributed by atoms with Gasteiger partial charge in [0.1, 0.15) is 6.10 Å². The minimum atomic E-state index is -0.348. The number of fused-ring (bicyclic) bond motifs is 2. The van der Waals surface area contributed by atoms with Crippen LogP contribution in [0.3, 0.4) is 0 Å². The smallest absolute Gasteiger partial charge is 0.304 e. The summed E-state index contributed by atoms with van der Waals surface area (Å²) in [5.74, 6) is 0.748. The van der Waals surface area contributed by atoms with E-state index in [9.17, 15) is 9.59 Å². The molecule has 0 saturated heterocycles. The number of hydrogen-bond acceptors (Lipinski definition) is 5. The Bertz CT molecular complexity index is 327. The first-order valence-electron chi connectivity index (χ1n) is 6.46. The minimum Gasteiger partial charge on any atom is -0.462 e. The van der Waals surface area contributed by atoms with Gasteiger partial charge in [-0.2, -0.15) is 0 Å². The first-order valence-corrected chi connectivity index (χ1v) is 6.46. The van der Waals surface area contributed by atoms with Crippen LogP contribution >= 0.6 is 0 Å². The summed E-state index contributed by atoms with van der Waals surface area (Å²) < 4.78 is 15.5. The van der Waals surface area contributed by atoms with Gasteiger partial charge in [-0.1, -0.05) is 0 Å². The number of hydrogen-bond donors (Lipinski definition) is 0. The summed E-state index contributed by atoms with van der Waals surface area (Å²) >= 11 is 0. The Hall–Kier alpha value is -1.10. The van der Waals surface area contributed by atoms with E-state index in [2.05, 4.69) is 0 Å². The molecule has 0 spiro atoms. The summed E-state index contributed by atoms with van der Waals surface area (Å²) in [5.41, 5.74) is 0. The lowest BCUT2D eigenvalue weighted by molar-refractivity contribution is -0.160. The third kappa shape index (κ3) is 3.02. The summed E-state index contributed by atoms with van der Waals surface area (Å²) in [7, 11) is 0. The van der Waals surface area contributed by atoms with E-state index in [1.165, 1.54) is 20.3 Å². The number of carbonyl (C=O) groups is 2. The van der Waals surface area contributed by atoms with Gasteiger partial charge in [-0.15, -0.1) is 0 Å². The standard InChI is InChI=1S/C13H20O5/c1-8(14)17-7-16-6-12-10-3-4-11(5-10)13(12)18-9(2)15/h10-13H,3-7H2,1-2H3. The molecule has 0 N–H and O–H groups in total. The molecule has 0 aromatic heterocycles. The molecule has 0 aliphatic heterocycles. The summed E-state index contributed by atoms with van der Waals surface area (Å²) in [6, 6.07) is 0. The topological polar surface area (TPSA) is 61.8 Å². The summed E-state index contributed by atoms with van der Waals surface area (Å²) in [5, 5.41) is 0. The van der Waals surface area contributed by atoms with Crippen LogP contribution in [0.25, 0.3) is 0 Å². The summed E-state index contributed by atoms with van der Waals surface area (Å²) in [6.45, 7) is 3.27. The highest BCUT2D eigenvalue weighted by Gasteiger charge is 2.49. The molecule has 0 heterocycles. The van der Waals surface area contributed by atoms with Gasteiger partial charge < -0.3 is 14.2 Å². The van der Waals surface area contributed by atoms with Crippen molar-refractivity contribution in [2.75, 3.05) is 13.4 Å². The number of carbonyl (C=O) groups excluding carboxylic acids is 2. The van der Waals surface area contributed by atoms with Crippen molar-refractivity contribution in [2.45, 2.75) is 39.2 Å². The van der Waals surface area contributed by atoms with Crippen LogP contribution in [-0.2, 0) is 23.8 Å². The van der Waals surface area contributed by atoms with E-state index >= 15 is 0 Å². The van der Waals surface area contributed by atoms with E-state index in [1.807, 2.05) is 0 Å². The molecule has 102 valence electrons. The van der Waals surface area contributed by atoms with Gasteiger partial charge in [-0.3, -0.25) is 9.59 Å². The highest BCUT2D eigenvalue weighted by Crippen LogP contribution is 2.49. The zero-order valence-electron chi connectivity index (χ0n) is 10.9. The van der Waals surface area contributed by atoms with Crippen molar-refractivity contribution in [1.29, 1.82) is 0 Å². The lowest BCUT2D eigenvalue weighted by Gasteiger charge is -2.30. The van der Waals surface area contributed by atoms with Crippen molar-refractivity contribution in [2.24, 2.45) is 17.8 Å². The lowest BCUT2D eigenvalue weighted by Crippen LogP contribution is -2.35. The van der Waals surface area contributed by atoms with E-state index < -0.39 is 0 Å². The van der Waals surface area contributed by atoms with Crippen molar-refractivity contribution in [3.05, 3.63) is 0 Å². The molecule has 2 aliphatic carbocycles. The van der Waals surface area contributed by atoms with E-state index in [4.69, 9.17) is 14.2 Å². The molecule has 5 heteroatoms. The summed E-state index contributed by atoms with van der Waals surface area (Å²) in [6.07, 6.45) is 3.44. The largest absolute Gasteiger partial charge is 0.462 e. The molecule has 0 amide bonds.